The van der Waals surface area contributed by atoms with Crippen molar-refractivity contribution < 1.29 is 15.1 Å². The van der Waals surface area contributed by atoms with Crippen molar-refractivity contribution in [2.45, 2.75) is 6.92 Å². The molecular formula is C7H6BrClN2O4. The van der Waals surface area contributed by atoms with Gasteiger partial charge in [-0.05, 0) is 28.4 Å². The molecule has 0 bridgehead atoms. The van der Waals surface area contributed by atoms with Crippen LogP contribution in [0.3, 0.4) is 0 Å². The van der Waals surface area contributed by atoms with Crippen LogP contribution in [-0.4, -0.2) is 21.3 Å². The van der Waals surface area contributed by atoms with E-state index in [4.69, 9.17) is 26.8 Å². The van der Waals surface area contributed by atoms with Gasteiger partial charge in [-0.1, -0.05) is 11.6 Å². The van der Waals surface area contributed by atoms with Gasteiger partial charge in [0.25, 0.3) is 0 Å². The third-order valence-corrected chi connectivity index (χ3v) is 2.53. The molecule has 6 nitrogen and oxygen atoms in total. The van der Waals surface area contributed by atoms with Gasteiger partial charge in [-0.3, -0.25) is 0 Å². The largest absolute Gasteiger partial charge is 0.478 e. The van der Waals surface area contributed by atoms with Crippen molar-refractivity contribution in [2.75, 3.05) is 0 Å². The molecule has 0 aliphatic carbocycles. The molecule has 0 aliphatic rings. The van der Waals surface area contributed by atoms with E-state index < -0.39 is 5.97 Å². The van der Waals surface area contributed by atoms with E-state index in [1.807, 2.05) is 0 Å². The molecule has 0 saturated heterocycles. The Hall–Kier alpha value is -1.21. The maximum Gasteiger partial charge on any atom is 0.339 e. The van der Waals surface area contributed by atoms with Gasteiger partial charge in [0.1, 0.15) is 10.7 Å². The van der Waals surface area contributed by atoms with Gasteiger partial charge in [-0.25, -0.2) is 9.78 Å². The zero-order valence-electron chi connectivity index (χ0n) is 7.44. The first kappa shape index (κ1) is 13.8. The SMILES string of the molecule is Cc1c(Br)cnc(Cl)c1C(=O)O.O=NO. The van der Waals surface area contributed by atoms with Gasteiger partial charge in [0.15, 0.2) is 5.34 Å². The molecule has 0 fully saturated rings. The second-order valence-electron chi connectivity index (χ2n) is 2.28. The normalized spacial score (nSPS) is 8.73. The Morgan fingerprint density at radius 1 is 1.67 bits per heavy atom. The van der Waals surface area contributed by atoms with E-state index >= 15 is 0 Å². The Labute approximate surface area is 98.0 Å². The van der Waals surface area contributed by atoms with Crippen molar-refractivity contribution in [3.8, 4) is 0 Å². The Morgan fingerprint density at radius 2 is 2.13 bits per heavy atom. The van der Waals surface area contributed by atoms with Gasteiger partial charge in [0, 0.05) is 10.7 Å². The van der Waals surface area contributed by atoms with Crippen molar-refractivity contribution >= 4 is 33.5 Å². The molecule has 0 amide bonds. The van der Waals surface area contributed by atoms with Gasteiger partial charge in [0.05, 0.1) is 0 Å². The summed E-state index contributed by atoms with van der Waals surface area (Å²) in [5.41, 5.74) is 0.633. The molecule has 0 spiro atoms. The number of pyridine rings is 1. The second-order valence-corrected chi connectivity index (χ2v) is 3.50. The minimum atomic E-state index is -1.06. The molecule has 0 aliphatic heterocycles. The predicted molar refractivity (Wildman–Crippen MR) is 56.2 cm³/mol. The first-order valence-corrected chi connectivity index (χ1v) is 4.63. The van der Waals surface area contributed by atoms with Crippen LogP contribution < -0.4 is 0 Å². The second kappa shape index (κ2) is 6.31. The van der Waals surface area contributed by atoms with E-state index in [1.165, 1.54) is 11.5 Å². The molecule has 0 aromatic carbocycles. The molecule has 2 N–H and O–H groups in total. The van der Waals surface area contributed by atoms with Gasteiger partial charge in [-0.15, -0.1) is 4.91 Å². The first-order chi connectivity index (χ1) is 6.95. The van der Waals surface area contributed by atoms with Crippen LogP contribution in [0.25, 0.3) is 0 Å². The molecule has 15 heavy (non-hydrogen) atoms. The summed E-state index contributed by atoms with van der Waals surface area (Å²) in [6.07, 6.45) is 1.48. The van der Waals surface area contributed by atoms with Gasteiger partial charge in [0.2, 0.25) is 0 Å². The van der Waals surface area contributed by atoms with Gasteiger partial charge in [-0.2, -0.15) is 0 Å². The highest BCUT2D eigenvalue weighted by molar-refractivity contribution is 9.10. The topological polar surface area (TPSA) is 99.8 Å². The van der Waals surface area contributed by atoms with Crippen LogP contribution in [0.4, 0.5) is 0 Å². The molecule has 1 heterocycles. The van der Waals surface area contributed by atoms with E-state index in [2.05, 4.69) is 20.9 Å². The van der Waals surface area contributed by atoms with Crippen molar-refractivity contribution in [1.29, 1.82) is 0 Å². The molecule has 1 rings (SSSR count). The van der Waals surface area contributed by atoms with Crippen LogP contribution in [0, 0.1) is 11.8 Å². The van der Waals surface area contributed by atoms with Crippen LogP contribution in [0.2, 0.25) is 5.15 Å². The predicted octanol–water partition coefficient (Wildman–Crippen LogP) is 2.65. The van der Waals surface area contributed by atoms with Crippen molar-refractivity contribution in [3.63, 3.8) is 0 Å². The Balaban J connectivity index is 0.000000583. The van der Waals surface area contributed by atoms with Crippen molar-refractivity contribution in [1.82, 2.24) is 4.98 Å². The Bertz CT molecular complexity index is 385. The number of carboxylic acids is 1. The first-order valence-electron chi connectivity index (χ1n) is 3.46. The lowest BCUT2D eigenvalue weighted by molar-refractivity contribution is 0.0696. The summed E-state index contributed by atoms with van der Waals surface area (Å²) in [6, 6.07) is 0. The number of carbonyl (C=O) groups is 1. The molecule has 82 valence electrons. The van der Waals surface area contributed by atoms with E-state index in [0.29, 0.717) is 10.0 Å². The summed E-state index contributed by atoms with van der Waals surface area (Å²) in [4.78, 5) is 22.5. The quantitative estimate of drug-likeness (QED) is 0.471. The minimum Gasteiger partial charge on any atom is -0.478 e. The summed E-state index contributed by atoms with van der Waals surface area (Å²) < 4.78 is 0.643. The maximum absolute atomic E-state index is 10.6. The van der Waals surface area contributed by atoms with E-state index in [-0.39, 0.29) is 10.7 Å². The Kier molecular flexibility index (Phi) is 5.80. The lowest BCUT2D eigenvalue weighted by Gasteiger charge is -2.03. The summed E-state index contributed by atoms with van der Waals surface area (Å²) in [5, 5.41) is 16.6. The summed E-state index contributed by atoms with van der Waals surface area (Å²) in [7, 11) is 0. The fourth-order valence-electron chi connectivity index (χ4n) is 0.797. The van der Waals surface area contributed by atoms with E-state index in [1.54, 1.807) is 6.92 Å². The summed E-state index contributed by atoms with van der Waals surface area (Å²) >= 11 is 8.75. The third kappa shape index (κ3) is 3.80. The molecule has 8 heteroatoms. The van der Waals surface area contributed by atoms with Crippen molar-refractivity contribution in [3.05, 3.63) is 31.9 Å². The fraction of sp³-hybridized carbons (Fsp3) is 0.143. The lowest BCUT2D eigenvalue weighted by atomic mass is 10.2. The lowest BCUT2D eigenvalue weighted by Crippen LogP contribution is -2.02. The molecule has 0 unspecified atom stereocenters. The van der Waals surface area contributed by atoms with Gasteiger partial charge < -0.3 is 10.3 Å². The Morgan fingerprint density at radius 3 is 2.47 bits per heavy atom. The fourth-order valence-corrected chi connectivity index (χ4v) is 1.37. The highest BCUT2D eigenvalue weighted by Gasteiger charge is 2.14. The average Bonchev–Trinajstić information content (AvgIpc) is 2.13. The van der Waals surface area contributed by atoms with Crippen LogP contribution in [0.1, 0.15) is 15.9 Å². The molecule has 0 saturated carbocycles. The van der Waals surface area contributed by atoms with E-state index in [9.17, 15) is 4.79 Å². The summed E-state index contributed by atoms with van der Waals surface area (Å²) in [6.45, 7) is 1.67. The van der Waals surface area contributed by atoms with E-state index in [0.717, 1.165) is 0 Å². The smallest absolute Gasteiger partial charge is 0.339 e. The molecule has 0 atom stereocenters. The average molecular weight is 297 g/mol. The number of carboxylic acid groups (broad SMARTS) is 1. The maximum atomic E-state index is 10.6. The number of aromatic carboxylic acids is 1. The molecule has 1 aromatic rings. The van der Waals surface area contributed by atoms with Crippen LogP contribution in [0.15, 0.2) is 16.0 Å². The highest BCUT2D eigenvalue weighted by atomic mass is 79.9. The zero-order chi connectivity index (χ0) is 12.0. The monoisotopic (exact) mass is 296 g/mol. The third-order valence-electron chi connectivity index (χ3n) is 1.44. The number of aromatic nitrogens is 1. The molecule has 0 radical (unpaired) electrons. The van der Waals surface area contributed by atoms with Crippen molar-refractivity contribution in [2.24, 2.45) is 5.34 Å². The number of nitrogens with zero attached hydrogens (tertiary/aromatic N) is 2. The van der Waals surface area contributed by atoms with Crippen LogP contribution in [-0.2, 0) is 0 Å². The number of hydrogen-bond acceptors (Lipinski definition) is 4. The number of rotatable bonds is 1. The number of hydrogen-bond donors (Lipinski definition) is 2. The van der Waals surface area contributed by atoms with Crippen LogP contribution >= 0.6 is 27.5 Å². The minimum absolute atomic E-state index is 0.0169. The standard InChI is InChI=1S/C7H5BrClNO2.HNO2/c1-3-4(8)2-10-6(9)5(3)7(11)12;2-1-3/h2H,1H3,(H,11,12);(H,2,3). The molecular weight excluding hydrogens is 291 g/mol. The zero-order valence-corrected chi connectivity index (χ0v) is 9.78. The molecule has 1 aromatic heterocycles. The van der Waals surface area contributed by atoms with Crippen LogP contribution in [0.5, 0.6) is 0 Å². The summed E-state index contributed by atoms with van der Waals surface area (Å²) in [5.74, 6) is -1.06. The highest BCUT2D eigenvalue weighted by Crippen LogP contribution is 2.23. The number of halogens is 2. The van der Waals surface area contributed by atoms with Gasteiger partial charge >= 0.3 is 5.97 Å².